The molecular formula is C12H17N. The number of benzene rings is 1. The van der Waals surface area contributed by atoms with Crippen LogP contribution in [0.15, 0.2) is 24.3 Å². The van der Waals surface area contributed by atoms with Crippen LogP contribution >= 0.6 is 0 Å². The number of rotatable bonds is 3. The molecule has 0 bridgehead atoms. The van der Waals surface area contributed by atoms with E-state index >= 15 is 0 Å². The first kappa shape index (κ1) is 8.76. The summed E-state index contributed by atoms with van der Waals surface area (Å²) in [4.78, 5) is 2.45. The molecule has 1 aromatic rings. The van der Waals surface area contributed by atoms with E-state index in [0.29, 0.717) is 0 Å². The average molecular weight is 175 g/mol. The van der Waals surface area contributed by atoms with Gasteiger partial charge in [-0.2, -0.15) is 0 Å². The molecule has 0 spiro atoms. The first-order chi connectivity index (χ1) is 6.25. The van der Waals surface area contributed by atoms with E-state index in [4.69, 9.17) is 0 Å². The summed E-state index contributed by atoms with van der Waals surface area (Å²) in [5.41, 5.74) is 2.78. The van der Waals surface area contributed by atoms with Crippen molar-refractivity contribution in [2.75, 3.05) is 7.05 Å². The summed E-state index contributed by atoms with van der Waals surface area (Å²) in [6, 6.07) is 9.70. The Morgan fingerprint density at radius 3 is 2.38 bits per heavy atom. The zero-order valence-corrected chi connectivity index (χ0v) is 8.46. The van der Waals surface area contributed by atoms with Crippen molar-refractivity contribution < 1.29 is 0 Å². The standard InChI is InChI=1S/C12H17N/c1-10-3-5-11(6-4-10)9-13(2)12-7-8-12/h3-6,12H,7-9H2,1-2H3. The summed E-state index contributed by atoms with van der Waals surface area (Å²) < 4.78 is 0. The molecule has 1 aliphatic rings. The number of hydrogen-bond donors (Lipinski definition) is 0. The SMILES string of the molecule is Cc1ccc(CN(C)C2CC2)cc1. The molecule has 0 aromatic heterocycles. The minimum absolute atomic E-state index is 0.862. The third kappa shape index (κ3) is 2.31. The van der Waals surface area contributed by atoms with Crippen molar-refractivity contribution in [1.29, 1.82) is 0 Å². The first-order valence-electron chi connectivity index (χ1n) is 5.01. The van der Waals surface area contributed by atoms with Crippen LogP contribution in [-0.2, 0) is 6.54 Å². The lowest BCUT2D eigenvalue weighted by Gasteiger charge is -2.15. The van der Waals surface area contributed by atoms with Crippen LogP contribution in [0.25, 0.3) is 0 Å². The second-order valence-electron chi connectivity index (χ2n) is 4.13. The average Bonchev–Trinajstić information content (AvgIpc) is 2.91. The highest BCUT2D eigenvalue weighted by Crippen LogP contribution is 2.26. The van der Waals surface area contributed by atoms with Crippen molar-refractivity contribution in [3.05, 3.63) is 35.4 Å². The summed E-state index contributed by atoms with van der Waals surface area (Å²) in [6.45, 7) is 3.24. The normalized spacial score (nSPS) is 16.5. The first-order valence-corrected chi connectivity index (χ1v) is 5.01. The molecule has 1 heteroatoms. The summed E-state index contributed by atoms with van der Waals surface area (Å²) in [5, 5.41) is 0. The zero-order valence-electron chi connectivity index (χ0n) is 8.46. The van der Waals surface area contributed by atoms with Gasteiger partial charge in [0.25, 0.3) is 0 Å². The Morgan fingerprint density at radius 1 is 1.23 bits per heavy atom. The van der Waals surface area contributed by atoms with Crippen LogP contribution in [0.3, 0.4) is 0 Å². The van der Waals surface area contributed by atoms with Gasteiger partial charge in [-0.15, -0.1) is 0 Å². The maximum absolute atomic E-state index is 2.45. The highest BCUT2D eigenvalue weighted by atomic mass is 15.1. The van der Waals surface area contributed by atoms with Gasteiger partial charge in [-0.25, -0.2) is 0 Å². The van der Waals surface area contributed by atoms with E-state index in [2.05, 4.69) is 43.1 Å². The van der Waals surface area contributed by atoms with Crippen molar-refractivity contribution in [2.45, 2.75) is 32.4 Å². The van der Waals surface area contributed by atoms with Crippen molar-refractivity contribution in [2.24, 2.45) is 0 Å². The summed E-state index contributed by atoms with van der Waals surface area (Å²) >= 11 is 0. The predicted octanol–water partition coefficient (Wildman–Crippen LogP) is 2.59. The van der Waals surface area contributed by atoms with Gasteiger partial charge < -0.3 is 0 Å². The fourth-order valence-corrected chi connectivity index (χ4v) is 1.63. The molecule has 0 amide bonds. The molecule has 2 rings (SSSR count). The van der Waals surface area contributed by atoms with Gasteiger partial charge in [0.1, 0.15) is 0 Å². The minimum atomic E-state index is 0.862. The van der Waals surface area contributed by atoms with Gasteiger partial charge in [0.15, 0.2) is 0 Å². The van der Waals surface area contributed by atoms with E-state index in [1.165, 1.54) is 24.0 Å². The maximum atomic E-state index is 2.45. The van der Waals surface area contributed by atoms with Gasteiger partial charge in [0, 0.05) is 12.6 Å². The lowest BCUT2D eigenvalue weighted by atomic mass is 10.1. The molecule has 1 aliphatic carbocycles. The molecule has 13 heavy (non-hydrogen) atoms. The lowest BCUT2D eigenvalue weighted by Crippen LogP contribution is -2.19. The molecular weight excluding hydrogens is 158 g/mol. The minimum Gasteiger partial charge on any atom is -0.299 e. The second kappa shape index (κ2) is 3.51. The van der Waals surface area contributed by atoms with Gasteiger partial charge in [0.05, 0.1) is 0 Å². The Kier molecular flexibility index (Phi) is 2.36. The molecule has 0 N–H and O–H groups in total. The summed E-state index contributed by atoms with van der Waals surface area (Å²) in [7, 11) is 2.22. The van der Waals surface area contributed by atoms with E-state index < -0.39 is 0 Å². The van der Waals surface area contributed by atoms with E-state index in [-0.39, 0.29) is 0 Å². The Bertz CT molecular complexity index is 272. The van der Waals surface area contributed by atoms with Crippen LogP contribution in [0, 0.1) is 6.92 Å². The Morgan fingerprint density at radius 2 is 1.85 bits per heavy atom. The Hall–Kier alpha value is -0.820. The molecule has 0 unspecified atom stereocenters. The van der Waals surface area contributed by atoms with Crippen molar-refractivity contribution >= 4 is 0 Å². The summed E-state index contributed by atoms with van der Waals surface area (Å²) in [5.74, 6) is 0. The molecule has 1 saturated carbocycles. The molecule has 1 fully saturated rings. The zero-order chi connectivity index (χ0) is 9.26. The summed E-state index contributed by atoms with van der Waals surface area (Å²) in [6.07, 6.45) is 2.78. The maximum Gasteiger partial charge on any atom is 0.0233 e. The lowest BCUT2D eigenvalue weighted by molar-refractivity contribution is 0.316. The highest BCUT2D eigenvalue weighted by molar-refractivity contribution is 5.21. The third-order valence-corrected chi connectivity index (χ3v) is 2.72. The van der Waals surface area contributed by atoms with Crippen molar-refractivity contribution in [3.8, 4) is 0 Å². The number of aryl methyl sites for hydroxylation is 1. The van der Waals surface area contributed by atoms with Crippen LogP contribution in [0.2, 0.25) is 0 Å². The Labute approximate surface area is 80.4 Å². The topological polar surface area (TPSA) is 3.24 Å². The quantitative estimate of drug-likeness (QED) is 0.682. The predicted molar refractivity (Wildman–Crippen MR) is 55.7 cm³/mol. The van der Waals surface area contributed by atoms with Gasteiger partial charge in [-0.05, 0) is 32.4 Å². The highest BCUT2D eigenvalue weighted by Gasteiger charge is 2.25. The molecule has 1 aromatic carbocycles. The largest absolute Gasteiger partial charge is 0.299 e. The number of nitrogens with zero attached hydrogens (tertiary/aromatic N) is 1. The van der Waals surface area contributed by atoms with Gasteiger partial charge in [-0.1, -0.05) is 29.8 Å². The van der Waals surface area contributed by atoms with Crippen LogP contribution in [-0.4, -0.2) is 18.0 Å². The van der Waals surface area contributed by atoms with Gasteiger partial charge in [0.2, 0.25) is 0 Å². The molecule has 0 aliphatic heterocycles. The molecule has 70 valence electrons. The Balaban J connectivity index is 1.96. The monoisotopic (exact) mass is 175 g/mol. The molecule has 0 radical (unpaired) electrons. The second-order valence-corrected chi connectivity index (χ2v) is 4.13. The van der Waals surface area contributed by atoms with E-state index in [1.807, 2.05) is 0 Å². The molecule has 0 heterocycles. The van der Waals surface area contributed by atoms with E-state index in [9.17, 15) is 0 Å². The van der Waals surface area contributed by atoms with Crippen molar-refractivity contribution in [1.82, 2.24) is 4.90 Å². The van der Waals surface area contributed by atoms with Crippen LogP contribution in [0.5, 0.6) is 0 Å². The third-order valence-electron chi connectivity index (χ3n) is 2.72. The molecule has 0 atom stereocenters. The molecule has 0 saturated heterocycles. The van der Waals surface area contributed by atoms with Crippen LogP contribution < -0.4 is 0 Å². The van der Waals surface area contributed by atoms with Gasteiger partial charge >= 0.3 is 0 Å². The smallest absolute Gasteiger partial charge is 0.0233 e. The fourth-order valence-electron chi connectivity index (χ4n) is 1.63. The van der Waals surface area contributed by atoms with Gasteiger partial charge in [-0.3, -0.25) is 4.90 Å². The van der Waals surface area contributed by atoms with Crippen LogP contribution in [0.4, 0.5) is 0 Å². The fraction of sp³-hybridized carbons (Fsp3) is 0.500. The van der Waals surface area contributed by atoms with E-state index in [1.54, 1.807) is 0 Å². The van der Waals surface area contributed by atoms with Crippen LogP contribution in [0.1, 0.15) is 24.0 Å². The van der Waals surface area contributed by atoms with Crippen molar-refractivity contribution in [3.63, 3.8) is 0 Å². The molecule has 1 nitrogen and oxygen atoms in total. The van der Waals surface area contributed by atoms with E-state index in [0.717, 1.165) is 12.6 Å². The number of hydrogen-bond acceptors (Lipinski definition) is 1.